The molecular formula is C15H27NS. The van der Waals surface area contributed by atoms with Crippen molar-refractivity contribution in [2.24, 2.45) is 17.3 Å². The SMILES string of the molecule is CC.CCN1CCC2(CC1)C(C)=C(S)C1CC12. The normalized spacial score (nSPS) is 34.4. The average molecular weight is 253 g/mol. The van der Waals surface area contributed by atoms with Crippen LogP contribution in [0.1, 0.15) is 47.0 Å². The Kier molecular flexibility index (Phi) is 3.94. The van der Waals surface area contributed by atoms with Crippen molar-refractivity contribution >= 4 is 12.6 Å². The Morgan fingerprint density at radius 2 is 1.88 bits per heavy atom. The second kappa shape index (κ2) is 4.97. The van der Waals surface area contributed by atoms with Crippen LogP contribution in [0.4, 0.5) is 0 Å². The molecule has 0 radical (unpaired) electrons. The standard InChI is InChI=1S/C13H21NS.C2H6/c1-3-14-6-4-13(5-7-14)9(2)12(15)10-8-11(10)13;1-2/h10-11,15H,3-8H2,1-2H3;1-2H3. The molecule has 0 amide bonds. The minimum absolute atomic E-state index is 0.577. The molecule has 0 bridgehead atoms. The molecular weight excluding hydrogens is 226 g/mol. The highest BCUT2D eigenvalue weighted by Crippen LogP contribution is 2.68. The minimum Gasteiger partial charge on any atom is -0.304 e. The van der Waals surface area contributed by atoms with Gasteiger partial charge in [0.15, 0.2) is 0 Å². The van der Waals surface area contributed by atoms with E-state index in [1.807, 2.05) is 13.8 Å². The molecule has 0 aromatic carbocycles. The Bertz CT molecular complexity index is 313. The van der Waals surface area contributed by atoms with Crippen LogP contribution < -0.4 is 0 Å². The Labute approximate surface area is 112 Å². The van der Waals surface area contributed by atoms with Gasteiger partial charge in [0.1, 0.15) is 0 Å². The highest BCUT2D eigenvalue weighted by Gasteiger charge is 2.60. The highest BCUT2D eigenvalue weighted by molar-refractivity contribution is 7.84. The number of allylic oxidation sites excluding steroid dienone is 2. The molecule has 2 atom stereocenters. The first-order valence-corrected chi connectivity index (χ1v) is 7.76. The number of nitrogens with zero attached hydrogens (tertiary/aromatic N) is 1. The Hall–Kier alpha value is 0.0500. The number of thiol groups is 1. The lowest BCUT2D eigenvalue weighted by Crippen LogP contribution is -2.41. The van der Waals surface area contributed by atoms with Gasteiger partial charge in [-0.2, -0.15) is 0 Å². The van der Waals surface area contributed by atoms with E-state index in [9.17, 15) is 0 Å². The van der Waals surface area contributed by atoms with Crippen LogP contribution in [-0.2, 0) is 0 Å². The van der Waals surface area contributed by atoms with Crippen LogP contribution in [0.3, 0.4) is 0 Å². The second-order valence-electron chi connectivity index (χ2n) is 5.55. The maximum absolute atomic E-state index is 4.72. The fraction of sp³-hybridized carbons (Fsp3) is 0.867. The van der Waals surface area contributed by atoms with Crippen molar-refractivity contribution in [1.82, 2.24) is 4.90 Å². The molecule has 2 unspecified atom stereocenters. The first-order chi connectivity index (χ1) is 8.19. The van der Waals surface area contributed by atoms with Crippen molar-refractivity contribution in [3.05, 3.63) is 10.5 Å². The van der Waals surface area contributed by atoms with Crippen molar-refractivity contribution in [3.8, 4) is 0 Å². The third kappa shape index (κ3) is 1.98. The van der Waals surface area contributed by atoms with Crippen LogP contribution in [-0.4, -0.2) is 24.5 Å². The number of fused-ring (bicyclic) bond motifs is 2. The van der Waals surface area contributed by atoms with Gasteiger partial charge in [0, 0.05) is 0 Å². The van der Waals surface area contributed by atoms with Crippen molar-refractivity contribution in [3.63, 3.8) is 0 Å². The van der Waals surface area contributed by atoms with Gasteiger partial charge in [0.05, 0.1) is 0 Å². The van der Waals surface area contributed by atoms with E-state index in [2.05, 4.69) is 18.7 Å². The van der Waals surface area contributed by atoms with Crippen molar-refractivity contribution in [1.29, 1.82) is 0 Å². The van der Waals surface area contributed by atoms with E-state index >= 15 is 0 Å². The summed E-state index contributed by atoms with van der Waals surface area (Å²) < 4.78 is 0. The number of hydrogen-bond acceptors (Lipinski definition) is 2. The Balaban J connectivity index is 0.000000514. The van der Waals surface area contributed by atoms with Crippen LogP contribution in [0.2, 0.25) is 0 Å². The van der Waals surface area contributed by atoms with Gasteiger partial charge >= 0.3 is 0 Å². The molecule has 3 rings (SSSR count). The van der Waals surface area contributed by atoms with Gasteiger partial charge in [-0.1, -0.05) is 26.3 Å². The van der Waals surface area contributed by atoms with Crippen LogP contribution in [0.5, 0.6) is 0 Å². The lowest BCUT2D eigenvalue weighted by molar-refractivity contribution is 0.121. The van der Waals surface area contributed by atoms with Crippen molar-refractivity contribution < 1.29 is 0 Å². The summed E-state index contributed by atoms with van der Waals surface area (Å²) in [6, 6.07) is 0. The molecule has 1 saturated carbocycles. The molecule has 1 spiro atoms. The van der Waals surface area contributed by atoms with Crippen LogP contribution in [0, 0.1) is 17.3 Å². The molecule has 2 heteroatoms. The highest BCUT2D eigenvalue weighted by atomic mass is 32.1. The summed E-state index contributed by atoms with van der Waals surface area (Å²) in [5, 5.41) is 0. The molecule has 98 valence electrons. The van der Waals surface area contributed by atoms with Gasteiger partial charge in [0.25, 0.3) is 0 Å². The first-order valence-electron chi connectivity index (χ1n) is 7.31. The zero-order valence-corrected chi connectivity index (χ0v) is 12.7. The molecule has 2 aliphatic carbocycles. The molecule has 2 fully saturated rings. The van der Waals surface area contributed by atoms with Gasteiger partial charge in [0.2, 0.25) is 0 Å². The Morgan fingerprint density at radius 1 is 1.29 bits per heavy atom. The fourth-order valence-electron chi connectivity index (χ4n) is 3.93. The van der Waals surface area contributed by atoms with E-state index < -0.39 is 0 Å². The maximum Gasteiger partial charge on any atom is -0.00103 e. The van der Waals surface area contributed by atoms with Gasteiger partial charge in [-0.3, -0.25) is 0 Å². The molecule has 0 N–H and O–H groups in total. The number of likely N-dealkylation sites (tertiary alicyclic amines) is 1. The van der Waals surface area contributed by atoms with Gasteiger partial charge < -0.3 is 4.90 Å². The first kappa shape index (κ1) is 13.5. The molecule has 0 aromatic rings. The summed E-state index contributed by atoms with van der Waals surface area (Å²) >= 11 is 4.72. The van der Waals surface area contributed by atoms with E-state index in [0.717, 1.165) is 11.8 Å². The largest absolute Gasteiger partial charge is 0.304 e. The summed E-state index contributed by atoms with van der Waals surface area (Å²) in [7, 11) is 0. The maximum atomic E-state index is 4.72. The van der Waals surface area contributed by atoms with E-state index in [1.54, 1.807) is 5.57 Å². The topological polar surface area (TPSA) is 3.24 Å². The predicted octanol–water partition coefficient (Wildman–Crippen LogP) is 3.97. The summed E-state index contributed by atoms with van der Waals surface area (Å²) in [6.07, 6.45) is 4.21. The van der Waals surface area contributed by atoms with Gasteiger partial charge in [-0.25, -0.2) is 0 Å². The molecule has 1 heterocycles. The molecule has 17 heavy (non-hydrogen) atoms. The van der Waals surface area contributed by atoms with Crippen molar-refractivity contribution in [2.75, 3.05) is 19.6 Å². The van der Waals surface area contributed by atoms with Gasteiger partial charge in [-0.05, 0) is 68.0 Å². The monoisotopic (exact) mass is 253 g/mol. The lowest BCUT2D eigenvalue weighted by Gasteiger charge is -2.41. The third-order valence-electron chi connectivity index (χ3n) is 5.18. The quantitative estimate of drug-likeness (QED) is 0.692. The number of piperidine rings is 1. The zero-order valence-electron chi connectivity index (χ0n) is 11.8. The van der Waals surface area contributed by atoms with Gasteiger partial charge in [-0.15, -0.1) is 12.6 Å². The molecule has 1 nitrogen and oxygen atoms in total. The van der Waals surface area contributed by atoms with E-state index in [-0.39, 0.29) is 0 Å². The fourth-order valence-corrected chi connectivity index (χ4v) is 4.44. The number of rotatable bonds is 1. The van der Waals surface area contributed by atoms with E-state index in [1.165, 1.54) is 43.8 Å². The van der Waals surface area contributed by atoms with E-state index in [4.69, 9.17) is 12.6 Å². The third-order valence-corrected chi connectivity index (χ3v) is 5.85. The second-order valence-corrected chi connectivity index (χ2v) is 6.03. The Morgan fingerprint density at radius 3 is 2.29 bits per heavy atom. The average Bonchev–Trinajstić information content (AvgIpc) is 3.16. The molecule has 1 aliphatic heterocycles. The summed E-state index contributed by atoms with van der Waals surface area (Å²) in [6.45, 7) is 12.5. The van der Waals surface area contributed by atoms with Crippen molar-refractivity contribution in [2.45, 2.75) is 47.0 Å². The van der Waals surface area contributed by atoms with Crippen LogP contribution >= 0.6 is 12.6 Å². The van der Waals surface area contributed by atoms with Crippen LogP contribution in [0.15, 0.2) is 10.5 Å². The molecule has 0 aromatic heterocycles. The smallest absolute Gasteiger partial charge is 0.00103 e. The summed E-state index contributed by atoms with van der Waals surface area (Å²) in [5.74, 6) is 1.84. The summed E-state index contributed by atoms with van der Waals surface area (Å²) in [4.78, 5) is 4.04. The molecule has 1 saturated heterocycles. The lowest BCUT2D eigenvalue weighted by atomic mass is 9.71. The molecule has 3 aliphatic rings. The van der Waals surface area contributed by atoms with Crippen LogP contribution in [0.25, 0.3) is 0 Å². The zero-order chi connectivity index (χ0) is 12.6. The minimum atomic E-state index is 0.577. The summed E-state index contributed by atoms with van der Waals surface area (Å²) in [5.41, 5.74) is 2.22. The predicted molar refractivity (Wildman–Crippen MR) is 78.4 cm³/mol. The number of hydrogen-bond donors (Lipinski definition) is 1. The van der Waals surface area contributed by atoms with E-state index in [0.29, 0.717) is 5.41 Å².